The van der Waals surface area contributed by atoms with Crippen molar-refractivity contribution in [1.29, 1.82) is 0 Å². The molecule has 2 N–H and O–H groups in total. The molecule has 0 atom stereocenters. The van der Waals surface area contributed by atoms with E-state index < -0.39 is 0 Å². The summed E-state index contributed by atoms with van der Waals surface area (Å²) in [6.07, 6.45) is 0. The minimum Gasteiger partial charge on any atom is -0.492 e. The summed E-state index contributed by atoms with van der Waals surface area (Å²) in [6, 6.07) is 17.5. The molecule has 2 rings (SSSR count). The van der Waals surface area contributed by atoms with Crippen molar-refractivity contribution in [2.24, 2.45) is 4.99 Å². The Morgan fingerprint density at radius 3 is 2.64 bits per heavy atom. The predicted octanol–water partition coefficient (Wildman–Crippen LogP) is 3.08. The first-order valence-electron chi connectivity index (χ1n) is 7.15. The highest BCUT2D eigenvalue weighted by atomic mass is 35.5. The number of rotatable bonds is 6. The Morgan fingerprint density at radius 2 is 1.91 bits per heavy atom. The minimum absolute atomic E-state index is 0.571. The van der Waals surface area contributed by atoms with Crippen LogP contribution < -0.4 is 15.4 Å². The monoisotopic (exact) mass is 317 g/mol. The molecule has 2 aromatic carbocycles. The lowest BCUT2D eigenvalue weighted by Crippen LogP contribution is -2.38. The van der Waals surface area contributed by atoms with Gasteiger partial charge in [-0.1, -0.05) is 41.9 Å². The van der Waals surface area contributed by atoms with Crippen molar-refractivity contribution in [1.82, 2.24) is 10.6 Å². The van der Waals surface area contributed by atoms with Crippen LogP contribution in [-0.4, -0.2) is 26.2 Å². The molecule has 5 heteroatoms. The highest BCUT2D eigenvalue weighted by Gasteiger charge is 1.99. The molecule has 0 aliphatic rings. The maximum atomic E-state index is 5.96. The van der Waals surface area contributed by atoms with Crippen molar-refractivity contribution < 1.29 is 4.74 Å². The first-order chi connectivity index (χ1) is 10.8. The van der Waals surface area contributed by atoms with Gasteiger partial charge in [0, 0.05) is 18.6 Å². The van der Waals surface area contributed by atoms with E-state index in [0.29, 0.717) is 19.7 Å². The van der Waals surface area contributed by atoms with Crippen LogP contribution in [0.15, 0.2) is 59.6 Å². The van der Waals surface area contributed by atoms with Crippen molar-refractivity contribution in [3.8, 4) is 5.75 Å². The molecule has 116 valence electrons. The number of hydrogen-bond acceptors (Lipinski definition) is 2. The first kappa shape index (κ1) is 16.2. The third kappa shape index (κ3) is 5.66. The average molecular weight is 318 g/mol. The van der Waals surface area contributed by atoms with Crippen LogP contribution in [0.3, 0.4) is 0 Å². The third-order valence-corrected chi connectivity index (χ3v) is 3.21. The minimum atomic E-state index is 0.571. The number of nitrogens with zero attached hydrogens (tertiary/aromatic N) is 1. The standard InChI is InChI=1S/C17H20ClN3O/c1-19-17(21-13-14-6-5-7-15(18)12-14)20-10-11-22-16-8-3-2-4-9-16/h2-9,12H,10-11,13H2,1H3,(H2,19,20,21). The van der Waals surface area contributed by atoms with Gasteiger partial charge in [0.2, 0.25) is 0 Å². The Bertz CT molecular complexity index is 602. The van der Waals surface area contributed by atoms with E-state index in [4.69, 9.17) is 16.3 Å². The third-order valence-electron chi connectivity index (χ3n) is 2.98. The Labute approximate surface area is 136 Å². The van der Waals surface area contributed by atoms with Crippen LogP contribution in [0.5, 0.6) is 5.75 Å². The summed E-state index contributed by atoms with van der Waals surface area (Å²) in [5.74, 6) is 1.60. The zero-order valence-electron chi connectivity index (χ0n) is 12.6. The predicted molar refractivity (Wildman–Crippen MR) is 91.6 cm³/mol. The maximum Gasteiger partial charge on any atom is 0.191 e. The van der Waals surface area contributed by atoms with Crippen molar-refractivity contribution in [3.63, 3.8) is 0 Å². The maximum absolute atomic E-state index is 5.96. The molecule has 0 aliphatic carbocycles. The molecular formula is C17H20ClN3O. The number of ether oxygens (including phenoxy) is 1. The van der Waals surface area contributed by atoms with Crippen LogP contribution in [0, 0.1) is 0 Å². The Balaban J connectivity index is 1.69. The second-order valence-electron chi connectivity index (χ2n) is 4.64. The quantitative estimate of drug-likeness (QED) is 0.489. The fraction of sp³-hybridized carbons (Fsp3) is 0.235. The summed E-state index contributed by atoms with van der Waals surface area (Å²) >= 11 is 5.96. The van der Waals surface area contributed by atoms with E-state index >= 15 is 0 Å². The number of hydrogen-bond donors (Lipinski definition) is 2. The highest BCUT2D eigenvalue weighted by Crippen LogP contribution is 2.10. The molecule has 22 heavy (non-hydrogen) atoms. The van der Waals surface area contributed by atoms with E-state index in [1.54, 1.807) is 7.05 Å². The Hall–Kier alpha value is -2.20. The summed E-state index contributed by atoms with van der Waals surface area (Å²) in [5.41, 5.74) is 1.11. The van der Waals surface area contributed by atoms with Crippen molar-refractivity contribution in [2.45, 2.75) is 6.54 Å². The second kappa shape index (κ2) is 8.95. The van der Waals surface area contributed by atoms with Gasteiger partial charge in [0.1, 0.15) is 12.4 Å². The molecule has 0 heterocycles. The van der Waals surface area contributed by atoms with E-state index in [0.717, 1.165) is 22.3 Å². The number of guanidine groups is 1. The zero-order valence-corrected chi connectivity index (χ0v) is 13.3. The Kier molecular flexibility index (Phi) is 6.58. The largest absolute Gasteiger partial charge is 0.492 e. The van der Waals surface area contributed by atoms with Crippen LogP contribution in [0.4, 0.5) is 0 Å². The van der Waals surface area contributed by atoms with Crippen LogP contribution in [0.1, 0.15) is 5.56 Å². The second-order valence-corrected chi connectivity index (χ2v) is 5.08. The SMILES string of the molecule is CN=C(NCCOc1ccccc1)NCc1cccc(Cl)c1. The summed E-state index contributed by atoms with van der Waals surface area (Å²) in [6.45, 7) is 1.91. The summed E-state index contributed by atoms with van der Waals surface area (Å²) in [4.78, 5) is 4.18. The topological polar surface area (TPSA) is 45.7 Å². The van der Waals surface area contributed by atoms with Crippen LogP contribution in [-0.2, 0) is 6.54 Å². The lowest BCUT2D eigenvalue weighted by molar-refractivity contribution is 0.322. The molecule has 0 aromatic heterocycles. The van der Waals surface area contributed by atoms with E-state index in [-0.39, 0.29) is 0 Å². The zero-order chi connectivity index (χ0) is 15.6. The molecule has 0 saturated carbocycles. The van der Waals surface area contributed by atoms with E-state index in [2.05, 4.69) is 15.6 Å². The van der Waals surface area contributed by atoms with E-state index in [1.807, 2.05) is 54.6 Å². The lowest BCUT2D eigenvalue weighted by atomic mass is 10.2. The van der Waals surface area contributed by atoms with Gasteiger partial charge in [0.15, 0.2) is 5.96 Å². The molecule has 0 unspecified atom stereocenters. The van der Waals surface area contributed by atoms with Gasteiger partial charge < -0.3 is 15.4 Å². The van der Waals surface area contributed by atoms with Crippen LogP contribution in [0.25, 0.3) is 0 Å². The van der Waals surface area contributed by atoms with Gasteiger partial charge in [-0.2, -0.15) is 0 Å². The van der Waals surface area contributed by atoms with E-state index in [9.17, 15) is 0 Å². The number of nitrogens with one attached hydrogen (secondary N) is 2. The van der Waals surface area contributed by atoms with E-state index in [1.165, 1.54) is 0 Å². The highest BCUT2D eigenvalue weighted by molar-refractivity contribution is 6.30. The smallest absolute Gasteiger partial charge is 0.191 e. The molecule has 0 amide bonds. The molecule has 2 aromatic rings. The van der Waals surface area contributed by atoms with Gasteiger partial charge in [0.25, 0.3) is 0 Å². The normalized spacial score (nSPS) is 11.1. The first-order valence-corrected chi connectivity index (χ1v) is 7.52. The average Bonchev–Trinajstić information content (AvgIpc) is 2.55. The van der Waals surface area contributed by atoms with Gasteiger partial charge in [-0.05, 0) is 29.8 Å². The summed E-state index contributed by atoms with van der Waals surface area (Å²) in [7, 11) is 1.74. The molecule has 0 saturated heterocycles. The molecular weight excluding hydrogens is 298 g/mol. The molecule has 0 aliphatic heterocycles. The number of halogens is 1. The van der Waals surface area contributed by atoms with Crippen molar-refractivity contribution in [2.75, 3.05) is 20.2 Å². The number of aliphatic imine (C=N–C) groups is 1. The number of para-hydroxylation sites is 1. The molecule has 0 spiro atoms. The fourth-order valence-electron chi connectivity index (χ4n) is 1.91. The van der Waals surface area contributed by atoms with Crippen LogP contribution >= 0.6 is 11.6 Å². The fourth-order valence-corrected chi connectivity index (χ4v) is 2.12. The van der Waals surface area contributed by atoms with Gasteiger partial charge in [-0.3, -0.25) is 4.99 Å². The molecule has 4 nitrogen and oxygen atoms in total. The number of benzene rings is 2. The molecule has 0 bridgehead atoms. The van der Waals surface area contributed by atoms with Crippen molar-refractivity contribution >= 4 is 17.6 Å². The Morgan fingerprint density at radius 1 is 1.09 bits per heavy atom. The lowest BCUT2D eigenvalue weighted by Gasteiger charge is -2.12. The van der Waals surface area contributed by atoms with Gasteiger partial charge in [-0.15, -0.1) is 0 Å². The van der Waals surface area contributed by atoms with Gasteiger partial charge in [0.05, 0.1) is 6.54 Å². The van der Waals surface area contributed by atoms with Crippen molar-refractivity contribution in [3.05, 3.63) is 65.2 Å². The van der Waals surface area contributed by atoms with Gasteiger partial charge in [-0.25, -0.2) is 0 Å². The molecule has 0 radical (unpaired) electrons. The summed E-state index contributed by atoms with van der Waals surface area (Å²) < 4.78 is 5.62. The van der Waals surface area contributed by atoms with Gasteiger partial charge >= 0.3 is 0 Å². The summed E-state index contributed by atoms with van der Waals surface area (Å²) in [5, 5.41) is 7.18. The van der Waals surface area contributed by atoms with Crippen LogP contribution in [0.2, 0.25) is 5.02 Å². The molecule has 0 fully saturated rings.